The van der Waals surface area contributed by atoms with Gasteiger partial charge in [0.05, 0.1) is 12.9 Å². The number of hydrogen-bond donors (Lipinski definition) is 1. The summed E-state index contributed by atoms with van der Waals surface area (Å²) in [5.41, 5.74) is 1.46. The Morgan fingerprint density at radius 2 is 2.19 bits per heavy atom. The van der Waals surface area contributed by atoms with Gasteiger partial charge >= 0.3 is 0 Å². The van der Waals surface area contributed by atoms with Gasteiger partial charge in [0.1, 0.15) is 0 Å². The first-order chi connectivity index (χ1) is 7.92. The van der Waals surface area contributed by atoms with Crippen LogP contribution >= 0.6 is 0 Å². The van der Waals surface area contributed by atoms with Gasteiger partial charge in [-0.1, -0.05) is 6.92 Å². The zero-order valence-electron chi connectivity index (χ0n) is 10.2. The molecule has 2 aliphatic heterocycles. The van der Waals surface area contributed by atoms with Crippen molar-refractivity contribution in [3.63, 3.8) is 0 Å². The van der Waals surface area contributed by atoms with Crippen molar-refractivity contribution in [2.45, 2.75) is 38.6 Å². The number of ether oxygens (including phenoxy) is 2. The van der Waals surface area contributed by atoms with E-state index in [0.717, 1.165) is 38.7 Å². The Labute approximate surface area is 98.2 Å². The molecule has 1 fully saturated rings. The maximum atomic E-state index is 5.47. The number of hydrogen-bond acceptors (Lipinski definition) is 3. The number of likely N-dealkylation sites (N-methyl/N-ethyl adjacent to an activating group) is 1. The Balaban J connectivity index is 1.99. The summed E-state index contributed by atoms with van der Waals surface area (Å²) in [4.78, 5) is 0. The number of rotatable bonds is 4. The smallest absolute Gasteiger partial charge is 0.0876 e. The summed E-state index contributed by atoms with van der Waals surface area (Å²) in [6.45, 7) is 5.92. The SMILES string of the molecule is CCNC(C1=COCCC1)C1CCOCC1. The largest absolute Gasteiger partial charge is 0.501 e. The van der Waals surface area contributed by atoms with Crippen LogP contribution in [0.2, 0.25) is 0 Å². The maximum Gasteiger partial charge on any atom is 0.0876 e. The maximum absolute atomic E-state index is 5.47. The molecule has 0 bridgehead atoms. The molecule has 0 amide bonds. The molecule has 3 nitrogen and oxygen atoms in total. The van der Waals surface area contributed by atoms with Crippen LogP contribution in [0, 0.1) is 5.92 Å². The summed E-state index contributed by atoms with van der Waals surface area (Å²) < 4.78 is 10.9. The molecular formula is C13H23NO2. The first-order valence-corrected chi connectivity index (χ1v) is 6.53. The second kappa shape index (κ2) is 6.26. The molecule has 2 heterocycles. The third-order valence-electron chi connectivity index (χ3n) is 3.52. The lowest BCUT2D eigenvalue weighted by molar-refractivity contribution is 0.0565. The average Bonchev–Trinajstić information content (AvgIpc) is 2.38. The van der Waals surface area contributed by atoms with Gasteiger partial charge in [0.15, 0.2) is 0 Å². The molecule has 0 spiro atoms. The van der Waals surface area contributed by atoms with Crippen molar-refractivity contribution in [1.82, 2.24) is 5.32 Å². The zero-order chi connectivity index (χ0) is 11.2. The lowest BCUT2D eigenvalue weighted by atomic mass is 9.85. The summed E-state index contributed by atoms with van der Waals surface area (Å²) in [5, 5.41) is 3.62. The fraction of sp³-hybridized carbons (Fsp3) is 0.846. The van der Waals surface area contributed by atoms with E-state index in [1.54, 1.807) is 0 Å². The van der Waals surface area contributed by atoms with Gasteiger partial charge in [0, 0.05) is 19.3 Å². The van der Waals surface area contributed by atoms with Crippen LogP contribution in [-0.4, -0.2) is 32.4 Å². The zero-order valence-corrected chi connectivity index (χ0v) is 10.2. The molecule has 1 unspecified atom stereocenters. The molecule has 1 saturated heterocycles. The van der Waals surface area contributed by atoms with Crippen molar-refractivity contribution in [2.24, 2.45) is 5.92 Å². The molecule has 3 heteroatoms. The lowest BCUT2D eigenvalue weighted by Crippen LogP contribution is -2.41. The Hall–Kier alpha value is -0.540. The minimum atomic E-state index is 0.509. The minimum absolute atomic E-state index is 0.509. The molecule has 0 aromatic carbocycles. The Bertz CT molecular complexity index is 234. The van der Waals surface area contributed by atoms with Gasteiger partial charge in [-0.2, -0.15) is 0 Å². The highest BCUT2D eigenvalue weighted by atomic mass is 16.5. The molecule has 0 saturated carbocycles. The molecule has 0 aliphatic carbocycles. The Morgan fingerprint density at radius 3 is 2.81 bits per heavy atom. The fourth-order valence-corrected chi connectivity index (χ4v) is 2.68. The van der Waals surface area contributed by atoms with Gasteiger partial charge in [-0.25, -0.2) is 0 Å². The van der Waals surface area contributed by atoms with Gasteiger partial charge in [-0.3, -0.25) is 0 Å². The predicted molar refractivity (Wildman–Crippen MR) is 64.3 cm³/mol. The van der Waals surface area contributed by atoms with E-state index in [-0.39, 0.29) is 0 Å². The minimum Gasteiger partial charge on any atom is -0.501 e. The van der Waals surface area contributed by atoms with E-state index in [1.807, 2.05) is 6.26 Å². The van der Waals surface area contributed by atoms with Crippen molar-refractivity contribution in [2.75, 3.05) is 26.4 Å². The molecule has 0 radical (unpaired) electrons. The first kappa shape index (κ1) is 11.9. The molecule has 0 aromatic rings. The summed E-state index contributed by atoms with van der Waals surface area (Å²) in [7, 11) is 0. The fourth-order valence-electron chi connectivity index (χ4n) is 2.68. The molecule has 92 valence electrons. The normalized spacial score (nSPS) is 24.7. The second-order valence-corrected chi connectivity index (χ2v) is 4.65. The van der Waals surface area contributed by atoms with Crippen LogP contribution in [0.3, 0.4) is 0 Å². The van der Waals surface area contributed by atoms with Gasteiger partial charge in [0.25, 0.3) is 0 Å². The van der Waals surface area contributed by atoms with Crippen molar-refractivity contribution >= 4 is 0 Å². The van der Waals surface area contributed by atoms with E-state index < -0.39 is 0 Å². The van der Waals surface area contributed by atoms with E-state index in [9.17, 15) is 0 Å². The van der Waals surface area contributed by atoms with Crippen molar-refractivity contribution in [1.29, 1.82) is 0 Å². The van der Waals surface area contributed by atoms with Crippen LogP contribution in [0.4, 0.5) is 0 Å². The highest BCUT2D eigenvalue weighted by Crippen LogP contribution is 2.27. The van der Waals surface area contributed by atoms with E-state index >= 15 is 0 Å². The third-order valence-corrected chi connectivity index (χ3v) is 3.52. The quantitative estimate of drug-likeness (QED) is 0.794. The molecule has 2 rings (SSSR count). The van der Waals surface area contributed by atoms with Gasteiger partial charge in [-0.05, 0) is 43.7 Å². The van der Waals surface area contributed by atoms with Crippen molar-refractivity contribution in [3.05, 3.63) is 11.8 Å². The molecule has 16 heavy (non-hydrogen) atoms. The first-order valence-electron chi connectivity index (χ1n) is 6.53. The van der Waals surface area contributed by atoms with Crippen LogP contribution in [0.15, 0.2) is 11.8 Å². The number of nitrogens with one attached hydrogen (secondary N) is 1. The predicted octanol–water partition coefficient (Wildman–Crippen LogP) is 2.09. The summed E-state index contributed by atoms with van der Waals surface area (Å²) >= 11 is 0. The van der Waals surface area contributed by atoms with Crippen LogP contribution in [-0.2, 0) is 9.47 Å². The van der Waals surface area contributed by atoms with E-state index in [4.69, 9.17) is 9.47 Å². The van der Waals surface area contributed by atoms with Crippen LogP contribution < -0.4 is 5.32 Å². The van der Waals surface area contributed by atoms with E-state index in [0.29, 0.717) is 6.04 Å². The highest BCUT2D eigenvalue weighted by Gasteiger charge is 2.27. The van der Waals surface area contributed by atoms with Gasteiger partial charge in [0.2, 0.25) is 0 Å². The van der Waals surface area contributed by atoms with Crippen LogP contribution in [0.1, 0.15) is 32.6 Å². The molecule has 0 aromatic heterocycles. The van der Waals surface area contributed by atoms with Crippen molar-refractivity contribution in [3.8, 4) is 0 Å². The van der Waals surface area contributed by atoms with Crippen molar-refractivity contribution < 1.29 is 9.47 Å². The summed E-state index contributed by atoms with van der Waals surface area (Å²) in [6, 6.07) is 0.509. The Morgan fingerprint density at radius 1 is 1.38 bits per heavy atom. The lowest BCUT2D eigenvalue weighted by Gasteiger charge is -2.33. The molecule has 1 atom stereocenters. The van der Waals surface area contributed by atoms with Gasteiger partial charge < -0.3 is 14.8 Å². The average molecular weight is 225 g/mol. The second-order valence-electron chi connectivity index (χ2n) is 4.65. The van der Waals surface area contributed by atoms with Crippen LogP contribution in [0.5, 0.6) is 0 Å². The summed E-state index contributed by atoms with van der Waals surface area (Å²) in [5.74, 6) is 0.724. The molecule has 2 aliphatic rings. The monoisotopic (exact) mass is 225 g/mol. The standard InChI is InChI=1S/C13H23NO2/c1-2-14-13(11-5-8-15-9-6-11)12-4-3-7-16-10-12/h10-11,13-14H,2-9H2,1H3. The highest BCUT2D eigenvalue weighted by molar-refractivity contribution is 5.12. The third kappa shape index (κ3) is 2.98. The van der Waals surface area contributed by atoms with Gasteiger partial charge in [-0.15, -0.1) is 0 Å². The topological polar surface area (TPSA) is 30.5 Å². The Kier molecular flexibility index (Phi) is 4.67. The van der Waals surface area contributed by atoms with E-state index in [1.165, 1.54) is 24.8 Å². The van der Waals surface area contributed by atoms with E-state index in [2.05, 4.69) is 12.2 Å². The molecule has 1 N–H and O–H groups in total. The van der Waals surface area contributed by atoms with Crippen LogP contribution in [0.25, 0.3) is 0 Å². The molecular weight excluding hydrogens is 202 g/mol. The summed E-state index contributed by atoms with van der Waals surface area (Å²) in [6.07, 6.45) is 6.70.